The van der Waals surface area contributed by atoms with Gasteiger partial charge in [0.05, 0.1) is 0 Å². The van der Waals surface area contributed by atoms with E-state index in [1.165, 1.54) is 12.3 Å². The molecule has 1 fully saturated rings. The lowest BCUT2D eigenvalue weighted by Gasteiger charge is -2.25. The van der Waals surface area contributed by atoms with Crippen LogP contribution in [0.5, 0.6) is 0 Å². The number of hydrogen-bond donors (Lipinski definition) is 1. The molecule has 2 rings (SSSR count). The number of nitrogens with zero attached hydrogens (tertiary/aromatic N) is 2. The largest absolute Gasteiger partial charge is 0.444 e. The van der Waals surface area contributed by atoms with Crippen LogP contribution in [0.4, 0.5) is 18.0 Å². The van der Waals surface area contributed by atoms with E-state index in [-0.39, 0.29) is 17.3 Å². The minimum Gasteiger partial charge on any atom is -0.444 e. The third-order valence-corrected chi connectivity index (χ3v) is 4.46. The van der Waals surface area contributed by atoms with Crippen LogP contribution in [-0.2, 0) is 10.9 Å². The molecule has 8 heteroatoms. The van der Waals surface area contributed by atoms with E-state index in [0.29, 0.717) is 25.1 Å². The Bertz CT molecular complexity index is 584. The van der Waals surface area contributed by atoms with Gasteiger partial charge < -0.3 is 9.64 Å². The van der Waals surface area contributed by atoms with Gasteiger partial charge in [-0.25, -0.2) is 4.79 Å². The summed E-state index contributed by atoms with van der Waals surface area (Å²) in [6.07, 6.45) is -2.91. The van der Waals surface area contributed by atoms with Crippen LogP contribution in [0.3, 0.4) is 0 Å². The lowest BCUT2D eigenvalue weighted by Crippen LogP contribution is -2.35. The fourth-order valence-corrected chi connectivity index (χ4v) is 2.95. The molecule has 0 spiro atoms. The van der Waals surface area contributed by atoms with E-state index in [1.54, 1.807) is 25.7 Å². The minimum atomic E-state index is -4.45. The number of rotatable bonds is 2. The zero-order valence-corrected chi connectivity index (χ0v) is 14.7. The van der Waals surface area contributed by atoms with Crippen LogP contribution < -0.4 is 0 Å². The van der Waals surface area contributed by atoms with Crippen molar-refractivity contribution in [3.8, 4) is 0 Å². The third kappa shape index (κ3) is 4.78. The number of aromatic nitrogens is 1. The van der Waals surface area contributed by atoms with Gasteiger partial charge in [-0.1, -0.05) is 6.07 Å². The molecule has 1 unspecified atom stereocenters. The fraction of sp³-hybridized carbons (Fsp3) is 0.625. The maximum absolute atomic E-state index is 12.6. The Labute approximate surface area is 144 Å². The normalized spacial score (nSPS) is 20.1. The van der Waals surface area contributed by atoms with Crippen molar-refractivity contribution in [2.45, 2.75) is 44.2 Å². The van der Waals surface area contributed by atoms with Crippen LogP contribution in [0.15, 0.2) is 18.3 Å². The number of likely N-dealkylation sites (tertiary alicyclic amines) is 1. The summed E-state index contributed by atoms with van der Waals surface area (Å²) < 4.78 is 43.0. The zero-order valence-electron chi connectivity index (χ0n) is 13.8. The number of carbonyl (C=O) groups is 1. The van der Waals surface area contributed by atoms with Crippen LogP contribution in [0, 0.1) is 5.92 Å². The van der Waals surface area contributed by atoms with Crippen LogP contribution in [-0.4, -0.2) is 34.7 Å². The molecule has 134 valence electrons. The van der Waals surface area contributed by atoms with Crippen LogP contribution in [0.25, 0.3) is 0 Å². The molecule has 1 aliphatic heterocycles. The molecule has 24 heavy (non-hydrogen) atoms. The highest BCUT2D eigenvalue weighted by molar-refractivity contribution is 7.80. The van der Waals surface area contributed by atoms with Gasteiger partial charge in [0.2, 0.25) is 0 Å². The van der Waals surface area contributed by atoms with E-state index in [4.69, 9.17) is 4.74 Å². The van der Waals surface area contributed by atoms with E-state index in [1.807, 2.05) is 0 Å². The second-order valence-electron chi connectivity index (χ2n) is 6.89. The summed E-state index contributed by atoms with van der Waals surface area (Å²) in [7, 11) is 0. The van der Waals surface area contributed by atoms with Gasteiger partial charge in [-0.05, 0) is 44.7 Å². The van der Waals surface area contributed by atoms with Crippen molar-refractivity contribution in [3.63, 3.8) is 0 Å². The van der Waals surface area contributed by atoms with Crippen LogP contribution in [0.2, 0.25) is 0 Å². The predicted octanol–water partition coefficient (Wildman–Crippen LogP) is 4.33. The van der Waals surface area contributed by atoms with E-state index >= 15 is 0 Å². The first-order valence-corrected chi connectivity index (χ1v) is 8.18. The molecule has 1 aromatic rings. The first-order valence-electron chi connectivity index (χ1n) is 7.66. The van der Waals surface area contributed by atoms with Crippen molar-refractivity contribution >= 4 is 18.7 Å². The zero-order chi connectivity index (χ0) is 18.1. The SMILES string of the molecule is CC(C)(C)OC(=O)N1CC[C@H](C(S)c2ccc(C(F)(F)F)nc2)C1. The van der Waals surface area contributed by atoms with Crippen molar-refractivity contribution < 1.29 is 22.7 Å². The number of hydrogen-bond acceptors (Lipinski definition) is 4. The molecular formula is C16H21F3N2O2S. The maximum atomic E-state index is 12.6. The topological polar surface area (TPSA) is 42.4 Å². The Hall–Kier alpha value is -1.44. The lowest BCUT2D eigenvalue weighted by molar-refractivity contribution is -0.141. The average Bonchev–Trinajstić information content (AvgIpc) is 2.94. The Morgan fingerprint density at radius 3 is 2.54 bits per heavy atom. The van der Waals surface area contributed by atoms with Gasteiger partial charge in [0.25, 0.3) is 0 Å². The van der Waals surface area contributed by atoms with Gasteiger partial charge in [-0.3, -0.25) is 4.98 Å². The second-order valence-corrected chi connectivity index (χ2v) is 7.45. The predicted molar refractivity (Wildman–Crippen MR) is 86.9 cm³/mol. The van der Waals surface area contributed by atoms with Crippen molar-refractivity contribution in [3.05, 3.63) is 29.6 Å². The van der Waals surface area contributed by atoms with Gasteiger partial charge in [-0.2, -0.15) is 25.8 Å². The molecule has 0 N–H and O–H groups in total. The summed E-state index contributed by atoms with van der Waals surface area (Å²) >= 11 is 4.52. The number of alkyl halides is 3. The molecular weight excluding hydrogens is 341 g/mol. The van der Waals surface area contributed by atoms with Crippen LogP contribution >= 0.6 is 12.6 Å². The third-order valence-electron chi connectivity index (χ3n) is 3.74. The van der Waals surface area contributed by atoms with Crippen molar-refractivity contribution in [2.75, 3.05) is 13.1 Å². The second kappa shape index (κ2) is 6.82. The summed E-state index contributed by atoms with van der Waals surface area (Å²) in [6, 6.07) is 2.35. The average molecular weight is 362 g/mol. The molecule has 1 aliphatic rings. The molecule has 0 aliphatic carbocycles. The molecule has 0 saturated carbocycles. The Balaban J connectivity index is 1.99. The first-order chi connectivity index (χ1) is 11.0. The van der Waals surface area contributed by atoms with Crippen molar-refractivity contribution in [1.29, 1.82) is 0 Å². The van der Waals surface area contributed by atoms with Gasteiger partial charge in [-0.15, -0.1) is 0 Å². The monoisotopic (exact) mass is 362 g/mol. The van der Waals surface area contributed by atoms with Gasteiger partial charge >= 0.3 is 12.3 Å². The first kappa shape index (κ1) is 18.9. The molecule has 1 saturated heterocycles. The van der Waals surface area contributed by atoms with E-state index < -0.39 is 17.5 Å². The molecule has 0 bridgehead atoms. The van der Waals surface area contributed by atoms with E-state index in [0.717, 1.165) is 6.07 Å². The highest BCUT2D eigenvalue weighted by atomic mass is 32.1. The van der Waals surface area contributed by atoms with Crippen molar-refractivity contribution in [2.24, 2.45) is 5.92 Å². The summed E-state index contributed by atoms with van der Waals surface area (Å²) in [5.74, 6) is 0.0411. The number of ether oxygens (including phenoxy) is 1. The highest BCUT2D eigenvalue weighted by Crippen LogP contribution is 2.36. The molecule has 0 aromatic carbocycles. The highest BCUT2D eigenvalue weighted by Gasteiger charge is 2.35. The van der Waals surface area contributed by atoms with E-state index in [2.05, 4.69) is 17.6 Å². The number of thiol groups is 1. The molecule has 2 atom stereocenters. The number of carbonyl (C=O) groups excluding carboxylic acids is 1. The summed E-state index contributed by atoms with van der Waals surface area (Å²) in [5, 5.41) is -0.285. The van der Waals surface area contributed by atoms with Crippen molar-refractivity contribution in [1.82, 2.24) is 9.88 Å². The Kier molecular flexibility index (Phi) is 5.37. The standard InChI is InChI=1S/C16H21F3N2O2S/c1-15(2,3)23-14(22)21-7-6-11(9-21)13(24)10-4-5-12(20-8-10)16(17,18)19/h4-5,8,11,13,24H,6-7,9H2,1-3H3/t11-,13?/m0/s1. The number of amides is 1. The van der Waals surface area contributed by atoms with Gasteiger partial charge in [0, 0.05) is 24.5 Å². The quantitative estimate of drug-likeness (QED) is 0.797. The maximum Gasteiger partial charge on any atom is 0.433 e. The van der Waals surface area contributed by atoms with Crippen LogP contribution in [0.1, 0.15) is 43.7 Å². The smallest absolute Gasteiger partial charge is 0.433 e. The number of halogens is 3. The lowest BCUT2D eigenvalue weighted by atomic mass is 9.99. The molecule has 2 heterocycles. The fourth-order valence-electron chi connectivity index (χ4n) is 2.56. The molecule has 1 amide bonds. The number of pyridine rings is 1. The molecule has 0 radical (unpaired) electrons. The van der Waals surface area contributed by atoms with Gasteiger partial charge in [0.1, 0.15) is 11.3 Å². The Morgan fingerprint density at radius 2 is 2.04 bits per heavy atom. The summed E-state index contributed by atoms with van der Waals surface area (Å²) in [5.41, 5.74) is -0.872. The Morgan fingerprint density at radius 1 is 1.38 bits per heavy atom. The molecule has 1 aromatic heterocycles. The van der Waals surface area contributed by atoms with E-state index in [9.17, 15) is 18.0 Å². The van der Waals surface area contributed by atoms with Gasteiger partial charge in [0.15, 0.2) is 0 Å². The summed E-state index contributed by atoms with van der Waals surface area (Å²) in [4.78, 5) is 17.1. The molecule has 4 nitrogen and oxygen atoms in total. The summed E-state index contributed by atoms with van der Waals surface area (Å²) in [6.45, 7) is 6.41. The minimum absolute atomic E-state index is 0.0411.